The lowest BCUT2D eigenvalue weighted by Gasteiger charge is -2.14. The van der Waals surface area contributed by atoms with Crippen LogP contribution in [-0.4, -0.2) is 18.4 Å². The fraction of sp³-hybridized carbons (Fsp3) is 0.417. The van der Waals surface area contributed by atoms with Gasteiger partial charge >= 0.3 is 0 Å². The van der Waals surface area contributed by atoms with E-state index in [4.69, 9.17) is 0 Å². The summed E-state index contributed by atoms with van der Waals surface area (Å²) in [6, 6.07) is 9.40. The Morgan fingerprint density at radius 1 is 1.29 bits per heavy atom. The van der Waals surface area contributed by atoms with Gasteiger partial charge < -0.3 is 5.32 Å². The van der Waals surface area contributed by atoms with Crippen LogP contribution in [0.4, 0.5) is 0 Å². The van der Waals surface area contributed by atoms with E-state index in [9.17, 15) is 4.79 Å². The molecule has 0 heterocycles. The molecule has 0 saturated heterocycles. The Hall–Kier alpha value is -1.15. The first kappa shape index (κ1) is 10.9. The van der Waals surface area contributed by atoms with Gasteiger partial charge in [-0.3, -0.25) is 4.79 Å². The number of hydrogen-bond acceptors (Lipinski definition) is 2. The van der Waals surface area contributed by atoms with Gasteiger partial charge in [0.1, 0.15) is 0 Å². The second-order valence-electron chi connectivity index (χ2n) is 3.25. The number of Topliss-reactive ketones (excluding diaryl/α,β-unsaturated/α-hetero) is 1. The van der Waals surface area contributed by atoms with E-state index in [1.165, 1.54) is 0 Å². The average molecular weight is 191 g/mol. The Balaban J connectivity index is 2.73. The van der Waals surface area contributed by atoms with E-state index in [2.05, 4.69) is 5.32 Å². The molecule has 0 radical (unpaired) electrons. The van der Waals surface area contributed by atoms with Crippen molar-refractivity contribution in [2.75, 3.05) is 6.54 Å². The first-order valence-corrected chi connectivity index (χ1v) is 5.12. The zero-order valence-electron chi connectivity index (χ0n) is 8.79. The molecule has 14 heavy (non-hydrogen) atoms. The number of rotatable bonds is 5. The SMILES string of the molecule is CCN[C@H](CC)C(=O)c1ccccc1. The Morgan fingerprint density at radius 3 is 2.43 bits per heavy atom. The molecule has 0 amide bonds. The van der Waals surface area contributed by atoms with E-state index in [0.717, 1.165) is 18.5 Å². The summed E-state index contributed by atoms with van der Waals surface area (Å²) < 4.78 is 0. The summed E-state index contributed by atoms with van der Waals surface area (Å²) >= 11 is 0. The number of ketones is 1. The third kappa shape index (κ3) is 2.67. The van der Waals surface area contributed by atoms with Gasteiger partial charge in [-0.15, -0.1) is 0 Å². The van der Waals surface area contributed by atoms with Gasteiger partial charge in [0.2, 0.25) is 0 Å². The van der Waals surface area contributed by atoms with Crippen LogP contribution in [0.1, 0.15) is 30.6 Å². The van der Waals surface area contributed by atoms with Crippen LogP contribution in [0, 0.1) is 0 Å². The first-order valence-electron chi connectivity index (χ1n) is 5.12. The summed E-state index contributed by atoms with van der Waals surface area (Å²) in [4.78, 5) is 11.9. The highest BCUT2D eigenvalue weighted by Crippen LogP contribution is 2.05. The quantitative estimate of drug-likeness (QED) is 0.723. The van der Waals surface area contributed by atoms with Crippen molar-refractivity contribution < 1.29 is 4.79 Å². The molecule has 2 nitrogen and oxygen atoms in total. The van der Waals surface area contributed by atoms with Crippen molar-refractivity contribution in [3.8, 4) is 0 Å². The van der Waals surface area contributed by atoms with Gasteiger partial charge in [-0.05, 0) is 13.0 Å². The molecular weight excluding hydrogens is 174 g/mol. The molecule has 0 bridgehead atoms. The monoisotopic (exact) mass is 191 g/mol. The number of nitrogens with one attached hydrogen (secondary N) is 1. The minimum Gasteiger partial charge on any atom is -0.307 e. The zero-order valence-corrected chi connectivity index (χ0v) is 8.79. The average Bonchev–Trinajstić information content (AvgIpc) is 2.26. The van der Waals surface area contributed by atoms with Gasteiger partial charge in [-0.1, -0.05) is 44.2 Å². The fourth-order valence-corrected chi connectivity index (χ4v) is 1.47. The normalized spacial score (nSPS) is 12.4. The van der Waals surface area contributed by atoms with Gasteiger partial charge in [-0.2, -0.15) is 0 Å². The molecule has 0 aliphatic rings. The van der Waals surface area contributed by atoms with Crippen LogP contribution in [0.2, 0.25) is 0 Å². The summed E-state index contributed by atoms with van der Waals surface area (Å²) in [6.07, 6.45) is 0.835. The van der Waals surface area contributed by atoms with Crippen LogP contribution in [0.5, 0.6) is 0 Å². The van der Waals surface area contributed by atoms with Crippen LogP contribution in [0.15, 0.2) is 30.3 Å². The molecule has 0 unspecified atom stereocenters. The van der Waals surface area contributed by atoms with E-state index >= 15 is 0 Å². The summed E-state index contributed by atoms with van der Waals surface area (Å²) in [5.41, 5.74) is 0.792. The lowest BCUT2D eigenvalue weighted by Crippen LogP contribution is -2.35. The van der Waals surface area contributed by atoms with Crippen molar-refractivity contribution in [2.24, 2.45) is 0 Å². The first-order chi connectivity index (χ1) is 6.79. The van der Waals surface area contributed by atoms with Gasteiger partial charge in [0, 0.05) is 5.56 Å². The second-order valence-corrected chi connectivity index (χ2v) is 3.25. The van der Waals surface area contributed by atoms with Crippen LogP contribution in [0.3, 0.4) is 0 Å². The minimum absolute atomic E-state index is 0.0394. The Bertz CT molecular complexity index is 282. The molecule has 1 aromatic rings. The number of hydrogen-bond donors (Lipinski definition) is 1. The van der Waals surface area contributed by atoms with Crippen molar-refractivity contribution in [2.45, 2.75) is 26.3 Å². The van der Waals surface area contributed by atoms with E-state index < -0.39 is 0 Å². The molecule has 0 aliphatic heterocycles. The molecular formula is C12H17NO. The zero-order chi connectivity index (χ0) is 10.4. The summed E-state index contributed by atoms with van der Waals surface area (Å²) in [5.74, 6) is 0.190. The predicted molar refractivity (Wildman–Crippen MR) is 58.5 cm³/mol. The maximum absolute atomic E-state index is 11.9. The van der Waals surface area contributed by atoms with Crippen LogP contribution in [0.25, 0.3) is 0 Å². The molecule has 0 aliphatic carbocycles. The molecule has 0 aromatic heterocycles. The molecule has 0 spiro atoms. The lowest BCUT2D eigenvalue weighted by molar-refractivity contribution is 0.0941. The van der Waals surface area contributed by atoms with Gasteiger partial charge in [-0.25, -0.2) is 0 Å². The fourth-order valence-electron chi connectivity index (χ4n) is 1.47. The largest absolute Gasteiger partial charge is 0.307 e. The third-order valence-electron chi connectivity index (χ3n) is 2.23. The highest BCUT2D eigenvalue weighted by molar-refractivity contribution is 6.00. The molecule has 76 valence electrons. The van der Waals surface area contributed by atoms with E-state index in [0.29, 0.717) is 0 Å². The van der Waals surface area contributed by atoms with E-state index in [-0.39, 0.29) is 11.8 Å². The number of carbonyl (C=O) groups excluding carboxylic acids is 1. The molecule has 2 heteroatoms. The van der Waals surface area contributed by atoms with Crippen molar-refractivity contribution in [1.29, 1.82) is 0 Å². The highest BCUT2D eigenvalue weighted by Gasteiger charge is 2.15. The Kier molecular flexibility index (Phi) is 4.33. The predicted octanol–water partition coefficient (Wildman–Crippen LogP) is 2.26. The van der Waals surface area contributed by atoms with E-state index in [1.54, 1.807) is 0 Å². The smallest absolute Gasteiger partial charge is 0.179 e. The van der Waals surface area contributed by atoms with Crippen LogP contribution >= 0.6 is 0 Å². The standard InChI is InChI=1S/C12H17NO/c1-3-11(13-4-2)12(14)10-8-6-5-7-9-10/h5-9,11,13H,3-4H2,1-2H3/t11-/m1/s1. The third-order valence-corrected chi connectivity index (χ3v) is 2.23. The Labute approximate surface area is 85.3 Å². The molecule has 1 atom stereocenters. The highest BCUT2D eigenvalue weighted by atomic mass is 16.1. The van der Waals surface area contributed by atoms with Gasteiger partial charge in [0.05, 0.1) is 6.04 Å². The molecule has 0 saturated carbocycles. The number of carbonyl (C=O) groups is 1. The maximum Gasteiger partial charge on any atom is 0.179 e. The maximum atomic E-state index is 11.9. The van der Waals surface area contributed by atoms with Crippen molar-refractivity contribution in [1.82, 2.24) is 5.32 Å². The summed E-state index contributed by atoms with van der Waals surface area (Å²) in [5, 5.41) is 3.18. The van der Waals surface area contributed by atoms with Crippen molar-refractivity contribution >= 4 is 5.78 Å². The van der Waals surface area contributed by atoms with Crippen molar-refractivity contribution in [3.05, 3.63) is 35.9 Å². The molecule has 1 N–H and O–H groups in total. The number of likely N-dealkylation sites (N-methyl/N-ethyl adjacent to an activating group) is 1. The van der Waals surface area contributed by atoms with E-state index in [1.807, 2.05) is 44.2 Å². The number of benzene rings is 1. The molecule has 1 rings (SSSR count). The lowest BCUT2D eigenvalue weighted by atomic mass is 10.0. The topological polar surface area (TPSA) is 29.1 Å². The summed E-state index contributed by atoms with van der Waals surface area (Å²) in [6.45, 7) is 4.87. The molecule has 0 fully saturated rings. The minimum atomic E-state index is -0.0394. The molecule has 1 aromatic carbocycles. The van der Waals surface area contributed by atoms with Crippen molar-refractivity contribution in [3.63, 3.8) is 0 Å². The second kappa shape index (κ2) is 5.55. The Morgan fingerprint density at radius 2 is 1.93 bits per heavy atom. The summed E-state index contributed by atoms with van der Waals surface area (Å²) in [7, 11) is 0. The van der Waals surface area contributed by atoms with Gasteiger partial charge in [0.25, 0.3) is 0 Å². The van der Waals surface area contributed by atoms with Crippen LogP contribution < -0.4 is 5.32 Å². The van der Waals surface area contributed by atoms with Gasteiger partial charge in [0.15, 0.2) is 5.78 Å². The van der Waals surface area contributed by atoms with Crippen LogP contribution in [-0.2, 0) is 0 Å².